The van der Waals surface area contributed by atoms with Gasteiger partial charge in [0.2, 0.25) is 0 Å². The summed E-state index contributed by atoms with van der Waals surface area (Å²) in [5, 5.41) is 0.785. The van der Waals surface area contributed by atoms with E-state index in [4.69, 9.17) is 10.2 Å². The van der Waals surface area contributed by atoms with Gasteiger partial charge in [-0.2, -0.15) is 11.8 Å². The number of hydrogen-bond acceptors (Lipinski definition) is 6. The Hall–Kier alpha value is -3.84. The van der Waals surface area contributed by atoms with Gasteiger partial charge in [0.25, 0.3) is 11.8 Å². The SMILES string of the molecule is Nc1cccc2c1C(=O)N(C(=O)c1oc3ccccc3c1CSCc1ccccc1)C2=O. The second-order valence-electron chi connectivity index (χ2n) is 7.40. The van der Waals surface area contributed by atoms with Crippen molar-refractivity contribution < 1.29 is 18.8 Å². The van der Waals surface area contributed by atoms with E-state index in [1.165, 1.54) is 12.1 Å². The van der Waals surface area contributed by atoms with Crippen LogP contribution in [-0.4, -0.2) is 22.6 Å². The third kappa shape index (κ3) is 3.27. The fraction of sp³-hybridized carbons (Fsp3) is 0.0800. The van der Waals surface area contributed by atoms with Crippen molar-refractivity contribution in [2.24, 2.45) is 0 Å². The minimum atomic E-state index is -0.776. The Morgan fingerprint density at radius 1 is 0.875 bits per heavy atom. The minimum absolute atomic E-state index is 0.000149. The number of nitrogens with two attached hydrogens (primary N) is 1. The Morgan fingerprint density at radius 2 is 1.62 bits per heavy atom. The first-order chi connectivity index (χ1) is 15.6. The highest BCUT2D eigenvalue weighted by Crippen LogP contribution is 2.34. The van der Waals surface area contributed by atoms with Crippen LogP contribution >= 0.6 is 11.8 Å². The lowest BCUT2D eigenvalue weighted by atomic mass is 10.1. The van der Waals surface area contributed by atoms with E-state index in [1.807, 2.05) is 48.5 Å². The number of furan rings is 1. The Bertz CT molecular complexity index is 1380. The molecule has 0 atom stereocenters. The molecule has 3 aromatic carbocycles. The standard InChI is InChI=1S/C25H18N2O4S/c26-19-11-6-10-17-21(19)24(29)27(23(17)28)25(30)22-18(16-9-4-5-12-20(16)31-22)14-32-13-15-7-2-1-3-8-15/h1-12H,13-14,26H2. The van der Waals surface area contributed by atoms with E-state index in [9.17, 15) is 14.4 Å². The highest BCUT2D eigenvalue weighted by molar-refractivity contribution is 7.97. The smallest absolute Gasteiger partial charge is 0.303 e. The van der Waals surface area contributed by atoms with Gasteiger partial charge in [0.1, 0.15) is 5.58 Å². The van der Waals surface area contributed by atoms with Gasteiger partial charge in [-0.25, -0.2) is 4.90 Å². The minimum Gasteiger partial charge on any atom is -0.451 e. The molecule has 0 saturated carbocycles. The number of para-hydroxylation sites is 1. The van der Waals surface area contributed by atoms with E-state index in [0.29, 0.717) is 21.8 Å². The third-order valence-corrected chi connectivity index (χ3v) is 6.43. The molecule has 4 aromatic rings. The van der Waals surface area contributed by atoms with Crippen molar-refractivity contribution >= 4 is 46.1 Å². The molecule has 0 spiro atoms. The summed E-state index contributed by atoms with van der Waals surface area (Å²) in [5.41, 5.74) is 8.60. The Labute approximate surface area is 188 Å². The zero-order valence-corrected chi connectivity index (χ0v) is 17.7. The second kappa shape index (κ2) is 8.01. The fourth-order valence-corrected chi connectivity index (χ4v) is 4.88. The maximum absolute atomic E-state index is 13.4. The normalized spacial score (nSPS) is 13.1. The second-order valence-corrected chi connectivity index (χ2v) is 8.39. The van der Waals surface area contributed by atoms with E-state index in [1.54, 1.807) is 23.9 Å². The Morgan fingerprint density at radius 3 is 2.41 bits per heavy atom. The summed E-state index contributed by atoms with van der Waals surface area (Å²) < 4.78 is 5.86. The number of nitrogen functional groups attached to an aromatic ring is 1. The number of benzene rings is 3. The lowest BCUT2D eigenvalue weighted by molar-refractivity contribution is 0.0551. The fourth-order valence-electron chi connectivity index (χ4n) is 3.86. The molecule has 1 aromatic heterocycles. The summed E-state index contributed by atoms with van der Waals surface area (Å²) in [5.74, 6) is -0.959. The number of nitrogens with zero attached hydrogens (tertiary/aromatic N) is 1. The molecule has 158 valence electrons. The molecule has 2 heterocycles. The van der Waals surface area contributed by atoms with Crippen molar-refractivity contribution in [1.82, 2.24) is 4.90 Å². The maximum atomic E-state index is 13.4. The van der Waals surface area contributed by atoms with Gasteiger partial charge >= 0.3 is 5.91 Å². The highest BCUT2D eigenvalue weighted by atomic mass is 32.2. The van der Waals surface area contributed by atoms with Gasteiger partial charge in [0.05, 0.1) is 11.1 Å². The lowest BCUT2D eigenvalue weighted by Gasteiger charge is -2.11. The predicted molar refractivity (Wildman–Crippen MR) is 123 cm³/mol. The highest BCUT2D eigenvalue weighted by Gasteiger charge is 2.43. The lowest BCUT2D eigenvalue weighted by Crippen LogP contribution is -2.36. The molecule has 3 amide bonds. The summed E-state index contributed by atoms with van der Waals surface area (Å²) in [4.78, 5) is 39.8. The molecule has 6 nitrogen and oxygen atoms in total. The number of amides is 3. The van der Waals surface area contributed by atoms with Gasteiger partial charge in [-0.05, 0) is 23.8 Å². The molecular weight excluding hydrogens is 424 g/mol. The number of fused-ring (bicyclic) bond motifs is 2. The summed E-state index contributed by atoms with van der Waals surface area (Å²) in [6.45, 7) is 0. The van der Waals surface area contributed by atoms with Gasteiger partial charge in [-0.1, -0.05) is 54.6 Å². The molecule has 0 aliphatic carbocycles. The first-order valence-corrected chi connectivity index (χ1v) is 11.2. The number of carbonyl (C=O) groups is 3. The van der Waals surface area contributed by atoms with E-state index < -0.39 is 17.7 Å². The van der Waals surface area contributed by atoms with Crippen LogP contribution in [0.3, 0.4) is 0 Å². The molecule has 5 rings (SSSR count). The zero-order chi connectivity index (χ0) is 22.2. The number of imide groups is 3. The van der Waals surface area contributed by atoms with Crippen LogP contribution in [0.2, 0.25) is 0 Å². The van der Waals surface area contributed by atoms with Crippen molar-refractivity contribution in [2.45, 2.75) is 11.5 Å². The third-order valence-electron chi connectivity index (χ3n) is 5.40. The topological polar surface area (TPSA) is 93.6 Å². The van der Waals surface area contributed by atoms with Crippen LogP contribution in [0.1, 0.15) is 42.4 Å². The molecule has 1 aliphatic rings. The van der Waals surface area contributed by atoms with Crippen LogP contribution in [0.25, 0.3) is 11.0 Å². The van der Waals surface area contributed by atoms with Crippen LogP contribution in [0.4, 0.5) is 5.69 Å². The molecule has 1 aliphatic heterocycles. The van der Waals surface area contributed by atoms with E-state index >= 15 is 0 Å². The molecular formula is C25H18N2O4S. The summed E-state index contributed by atoms with van der Waals surface area (Å²) in [6, 6.07) is 21.9. The van der Waals surface area contributed by atoms with E-state index in [-0.39, 0.29) is 22.6 Å². The summed E-state index contributed by atoms with van der Waals surface area (Å²) >= 11 is 1.62. The first-order valence-electron chi connectivity index (χ1n) is 10.00. The van der Waals surface area contributed by atoms with E-state index in [0.717, 1.165) is 16.7 Å². The number of hydrogen-bond donors (Lipinski definition) is 1. The van der Waals surface area contributed by atoms with Gasteiger partial charge in [-0.3, -0.25) is 14.4 Å². The molecule has 0 bridgehead atoms. The van der Waals surface area contributed by atoms with E-state index in [2.05, 4.69) is 0 Å². The number of rotatable bonds is 5. The molecule has 2 N–H and O–H groups in total. The van der Waals surface area contributed by atoms with Gasteiger partial charge in [-0.15, -0.1) is 0 Å². The summed E-state index contributed by atoms with van der Waals surface area (Å²) in [6.07, 6.45) is 0. The van der Waals surface area contributed by atoms with Crippen molar-refractivity contribution in [3.63, 3.8) is 0 Å². The number of thioether (sulfide) groups is 1. The number of carbonyl (C=O) groups excluding carboxylic acids is 3. The first kappa shape index (κ1) is 20.1. The van der Waals surface area contributed by atoms with Crippen LogP contribution in [-0.2, 0) is 11.5 Å². The monoisotopic (exact) mass is 442 g/mol. The van der Waals surface area contributed by atoms with Crippen LogP contribution < -0.4 is 5.73 Å². The predicted octanol–water partition coefficient (Wildman–Crippen LogP) is 4.88. The summed E-state index contributed by atoms with van der Waals surface area (Å²) in [7, 11) is 0. The molecule has 0 fully saturated rings. The van der Waals surface area contributed by atoms with Crippen LogP contribution in [0, 0.1) is 0 Å². The van der Waals surface area contributed by atoms with Crippen molar-refractivity contribution in [2.75, 3.05) is 5.73 Å². The van der Waals surface area contributed by atoms with Gasteiger partial charge in [0.15, 0.2) is 5.76 Å². The Balaban J connectivity index is 1.49. The maximum Gasteiger partial charge on any atom is 0.303 e. The van der Waals surface area contributed by atoms with Crippen molar-refractivity contribution in [1.29, 1.82) is 0 Å². The van der Waals surface area contributed by atoms with Crippen LogP contribution in [0.5, 0.6) is 0 Å². The average Bonchev–Trinajstić information content (AvgIpc) is 3.30. The molecule has 0 radical (unpaired) electrons. The molecule has 0 unspecified atom stereocenters. The number of anilines is 1. The average molecular weight is 442 g/mol. The van der Waals surface area contributed by atoms with Crippen molar-refractivity contribution in [3.8, 4) is 0 Å². The van der Waals surface area contributed by atoms with Gasteiger partial charge < -0.3 is 10.2 Å². The zero-order valence-electron chi connectivity index (χ0n) is 16.9. The van der Waals surface area contributed by atoms with Crippen LogP contribution in [0.15, 0.2) is 77.2 Å². The molecule has 0 saturated heterocycles. The Kier molecular flexibility index (Phi) is 5.03. The molecule has 7 heteroatoms. The van der Waals surface area contributed by atoms with Gasteiger partial charge in [0, 0.05) is 28.1 Å². The molecule has 32 heavy (non-hydrogen) atoms. The largest absolute Gasteiger partial charge is 0.451 e. The van der Waals surface area contributed by atoms with Crippen molar-refractivity contribution in [3.05, 3.63) is 101 Å². The quantitative estimate of drug-likeness (QED) is 0.350.